The van der Waals surface area contributed by atoms with Crippen molar-refractivity contribution in [2.75, 3.05) is 0 Å². The van der Waals surface area contributed by atoms with Gasteiger partial charge >= 0.3 is 0 Å². The van der Waals surface area contributed by atoms with Crippen LogP contribution in [0.5, 0.6) is 0 Å². The molecule has 0 fully saturated rings. The minimum absolute atomic E-state index is 0.0275. The van der Waals surface area contributed by atoms with Gasteiger partial charge in [0, 0.05) is 6.20 Å². The third kappa shape index (κ3) is 1.76. The summed E-state index contributed by atoms with van der Waals surface area (Å²) >= 11 is 0. The van der Waals surface area contributed by atoms with E-state index in [1.165, 1.54) is 6.20 Å². The van der Waals surface area contributed by atoms with E-state index in [1.54, 1.807) is 6.07 Å². The predicted octanol–water partition coefficient (Wildman–Crippen LogP) is 1.31. The molecule has 15 heavy (non-hydrogen) atoms. The van der Waals surface area contributed by atoms with E-state index >= 15 is 0 Å². The van der Waals surface area contributed by atoms with Gasteiger partial charge in [0.1, 0.15) is 6.07 Å². The van der Waals surface area contributed by atoms with Crippen LogP contribution < -0.4 is 5.56 Å². The van der Waals surface area contributed by atoms with Crippen LogP contribution in [0.1, 0.15) is 5.82 Å². The van der Waals surface area contributed by atoms with E-state index in [2.05, 4.69) is 9.97 Å². The van der Waals surface area contributed by atoms with Gasteiger partial charge in [0.25, 0.3) is 5.56 Å². The first-order chi connectivity index (χ1) is 7.31. The standard InChI is InChI=1S/C11H7N3O/c12-6-10-13-7-9(11(15)14-10)8-4-2-1-3-5-8/h1-5,7H,(H,13,14,15). The number of rotatable bonds is 1. The van der Waals surface area contributed by atoms with Crippen LogP contribution in [-0.4, -0.2) is 9.97 Å². The molecule has 1 N–H and O–H groups in total. The fraction of sp³-hybridized carbons (Fsp3) is 0. The van der Waals surface area contributed by atoms with Crippen LogP contribution >= 0.6 is 0 Å². The smallest absolute Gasteiger partial charge is 0.259 e. The molecular weight excluding hydrogens is 190 g/mol. The van der Waals surface area contributed by atoms with Gasteiger partial charge in [-0.1, -0.05) is 30.3 Å². The Labute approximate surface area is 85.8 Å². The van der Waals surface area contributed by atoms with Gasteiger partial charge in [0.2, 0.25) is 5.82 Å². The minimum Gasteiger partial charge on any atom is -0.298 e. The maximum atomic E-state index is 11.6. The first kappa shape index (κ1) is 9.16. The van der Waals surface area contributed by atoms with Crippen molar-refractivity contribution in [2.24, 2.45) is 0 Å². The summed E-state index contributed by atoms with van der Waals surface area (Å²) in [5.41, 5.74) is 0.957. The largest absolute Gasteiger partial charge is 0.298 e. The molecule has 0 aliphatic carbocycles. The topological polar surface area (TPSA) is 69.5 Å². The summed E-state index contributed by atoms with van der Waals surface area (Å²) in [6.07, 6.45) is 1.41. The summed E-state index contributed by atoms with van der Waals surface area (Å²) in [5.74, 6) is 0.0275. The molecule has 0 aliphatic heterocycles. The monoisotopic (exact) mass is 197 g/mol. The average molecular weight is 197 g/mol. The lowest BCUT2D eigenvalue weighted by Gasteiger charge is -1.98. The highest BCUT2D eigenvalue weighted by molar-refractivity contribution is 5.61. The Morgan fingerprint density at radius 2 is 2.00 bits per heavy atom. The second-order valence-electron chi connectivity index (χ2n) is 2.95. The van der Waals surface area contributed by atoms with Crippen LogP contribution in [-0.2, 0) is 0 Å². The lowest BCUT2D eigenvalue weighted by atomic mass is 10.1. The number of benzene rings is 1. The minimum atomic E-state index is -0.298. The lowest BCUT2D eigenvalue weighted by Crippen LogP contribution is -2.11. The van der Waals surface area contributed by atoms with Crippen molar-refractivity contribution in [3.05, 3.63) is 52.7 Å². The van der Waals surface area contributed by atoms with Crippen LogP contribution in [0.2, 0.25) is 0 Å². The number of hydrogen-bond donors (Lipinski definition) is 1. The van der Waals surface area contributed by atoms with Crippen molar-refractivity contribution in [3.8, 4) is 17.2 Å². The predicted molar refractivity (Wildman–Crippen MR) is 55.0 cm³/mol. The zero-order valence-corrected chi connectivity index (χ0v) is 7.77. The highest BCUT2D eigenvalue weighted by Gasteiger charge is 2.03. The maximum absolute atomic E-state index is 11.6. The molecule has 1 heterocycles. The first-order valence-corrected chi connectivity index (χ1v) is 4.36. The molecule has 72 valence electrons. The van der Waals surface area contributed by atoms with Crippen molar-refractivity contribution in [3.63, 3.8) is 0 Å². The zero-order valence-electron chi connectivity index (χ0n) is 7.77. The average Bonchev–Trinajstić information content (AvgIpc) is 2.30. The van der Waals surface area contributed by atoms with Gasteiger partial charge in [-0.15, -0.1) is 0 Å². The molecule has 0 aliphatic rings. The first-order valence-electron chi connectivity index (χ1n) is 4.36. The summed E-state index contributed by atoms with van der Waals surface area (Å²) in [6.45, 7) is 0. The van der Waals surface area contributed by atoms with Gasteiger partial charge in [-0.3, -0.25) is 9.78 Å². The highest BCUT2D eigenvalue weighted by atomic mass is 16.1. The molecule has 1 aromatic carbocycles. The molecule has 4 nitrogen and oxygen atoms in total. The van der Waals surface area contributed by atoms with E-state index in [4.69, 9.17) is 5.26 Å². The number of nitrogens with one attached hydrogen (secondary N) is 1. The molecule has 0 unspecified atom stereocenters. The molecule has 0 atom stereocenters. The molecule has 0 amide bonds. The Bertz CT molecular complexity index is 566. The van der Waals surface area contributed by atoms with E-state index in [-0.39, 0.29) is 11.4 Å². The quantitative estimate of drug-likeness (QED) is 0.749. The van der Waals surface area contributed by atoms with Crippen LogP contribution in [0, 0.1) is 11.3 Å². The van der Waals surface area contributed by atoms with Crippen molar-refractivity contribution in [1.82, 2.24) is 9.97 Å². The Morgan fingerprint density at radius 1 is 1.27 bits per heavy atom. The fourth-order valence-electron chi connectivity index (χ4n) is 1.28. The molecule has 0 bridgehead atoms. The second-order valence-corrected chi connectivity index (χ2v) is 2.95. The molecule has 1 aromatic heterocycles. The maximum Gasteiger partial charge on any atom is 0.259 e. The summed E-state index contributed by atoms with van der Waals surface area (Å²) in [4.78, 5) is 17.8. The van der Waals surface area contributed by atoms with Crippen LogP contribution in [0.25, 0.3) is 11.1 Å². The summed E-state index contributed by atoms with van der Waals surface area (Å²) in [5, 5.41) is 8.54. The molecule has 0 saturated carbocycles. The van der Waals surface area contributed by atoms with Crippen LogP contribution in [0.15, 0.2) is 41.3 Å². The van der Waals surface area contributed by atoms with Gasteiger partial charge in [-0.25, -0.2) is 4.98 Å². The normalized spacial score (nSPS) is 9.53. The van der Waals surface area contributed by atoms with Crippen molar-refractivity contribution in [1.29, 1.82) is 5.26 Å². The third-order valence-corrected chi connectivity index (χ3v) is 1.99. The van der Waals surface area contributed by atoms with Gasteiger partial charge in [0.15, 0.2) is 0 Å². The van der Waals surface area contributed by atoms with E-state index < -0.39 is 0 Å². The zero-order chi connectivity index (χ0) is 10.7. The van der Waals surface area contributed by atoms with Crippen LogP contribution in [0.3, 0.4) is 0 Å². The summed E-state index contributed by atoms with van der Waals surface area (Å²) < 4.78 is 0. The number of nitrogens with zero attached hydrogens (tertiary/aromatic N) is 2. The number of H-pyrrole nitrogens is 1. The number of nitriles is 1. The number of aromatic nitrogens is 2. The molecule has 0 radical (unpaired) electrons. The lowest BCUT2D eigenvalue weighted by molar-refractivity contribution is 1.08. The fourth-order valence-corrected chi connectivity index (χ4v) is 1.28. The molecule has 0 spiro atoms. The van der Waals surface area contributed by atoms with Gasteiger partial charge in [0.05, 0.1) is 5.56 Å². The van der Waals surface area contributed by atoms with E-state index in [9.17, 15) is 4.79 Å². The Kier molecular flexibility index (Phi) is 2.30. The molecule has 0 saturated heterocycles. The van der Waals surface area contributed by atoms with Gasteiger partial charge in [-0.2, -0.15) is 5.26 Å². The van der Waals surface area contributed by atoms with Crippen molar-refractivity contribution in [2.45, 2.75) is 0 Å². The van der Waals surface area contributed by atoms with Crippen LogP contribution in [0.4, 0.5) is 0 Å². The third-order valence-electron chi connectivity index (χ3n) is 1.99. The molecule has 4 heteroatoms. The Hall–Kier alpha value is -2.41. The Morgan fingerprint density at radius 3 is 2.60 bits per heavy atom. The molecule has 2 rings (SSSR count). The van der Waals surface area contributed by atoms with Gasteiger partial charge in [-0.05, 0) is 5.56 Å². The van der Waals surface area contributed by atoms with Gasteiger partial charge < -0.3 is 0 Å². The number of hydrogen-bond acceptors (Lipinski definition) is 3. The van der Waals surface area contributed by atoms with Crippen molar-refractivity contribution >= 4 is 0 Å². The SMILES string of the molecule is N#Cc1ncc(-c2ccccc2)c(=O)[nH]1. The summed E-state index contributed by atoms with van der Waals surface area (Å²) in [7, 11) is 0. The molecule has 2 aromatic rings. The number of aromatic amines is 1. The van der Waals surface area contributed by atoms with Crippen molar-refractivity contribution < 1.29 is 0 Å². The summed E-state index contributed by atoms with van der Waals surface area (Å²) in [6, 6.07) is 11.0. The molecular formula is C11H7N3O. The van der Waals surface area contributed by atoms with E-state index in [0.29, 0.717) is 5.56 Å². The second kappa shape index (κ2) is 3.76. The van der Waals surface area contributed by atoms with E-state index in [0.717, 1.165) is 5.56 Å². The highest BCUT2D eigenvalue weighted by Crippen LogP contribution is 2.12. The Balaban J connectivity index is 2.57. The van der Waals surface area contributed by atoms with E-state index in [1.807, 2.05) is 30.3 Å².